The summed E-state index contributed by atoms with van der Waals surface area (Å²) in [4.78, 5) is 23.9. The predicted molar refractivity (Wildman–Crippen MR) is 254 cm³/mol. The van der Waals surface area contributed by atoms with Gasteiger partial charge in [-0.15, -0.1) is 0 Å². The Balaban J connectivity index is 0.000000160. The molecular weight excluding hydrogens is 779 g/mol. The second kappa shape index (κ2) is 17.6. The van der Waals surface area contributed by atoms with Crippen LogP contribution in [0.3, 0.4) is 0 Å². The molecule has 0 unspecified atom stereocenters. The van der Waals surface area contributed by atoms with Gasteiger partial charge in [-0.1, -0.05) is 73.7 Å². The number of fused-ring (bicyclic) bond motifs is 3. The molecular formula is C56H47N3O4. The van der Waals surface area contributed by atoms with Crippen LogP contribution in [0.15, 0.2) is 189 Å². The minimum Gasteiger partial charge on any atom is -0.465 e. The number of pyridine rings is 3. The summed E-state index contributed by atoms with van der Waals surface area (Å²) < 4.78 is 16.5. The van der Waals surface area contributed by atoms with Gasteiger partial charge in [0.25, 0.3) is 0 Å². The van der Waals surface area contributed by atoms with Crippen molar-refractivity contribution in [3.63, 3.8) is 0 Å². The summed E-state index contributed by atoms with van der Waals surface area (Å²) in [5, 5.41) is 0. The van der Waals surface area contributed by atoms with Crippen molar-refractivity contribution in [3.8, 4) is 55.6 Å². The Morgan fingerprint density at radius 1 is 0.476 bits per heavy atom. The lowest BCUT2D eigenvalue weighted by Crippen LogP contribution is -2.05. The Morgan fingerprint density at radius 3 is 1.54 bits per heavy atom. The molecule has 6 aromatic heterocycles. The van der Waals surface area contributed by atoms with Crippen molar-refractivity contribution < 1.29 is 19.1 Å². The number of aromatic nitrogens is 3. The van der Waals surface area contributed by atoms with Crippen LogP contribution in [0.4, 0.5) is 0 Å². The van der Waals surface area contributed by atoms with Crippen LogP contribution in [0.5, 0.6) is 0 Å². The Hall–Kier alpha value is -7.90. The molecule has 0 fully saturated rings. The summed E-state index contributed by atoms with van der Waals surface area (Å²) in [6.45, 7) is 6.65. The van der Waals surface area contributed by atoms with Gasteiger partial charge in [0.2, 0.25) is 0 Å². The lowest BCUT2D eigenvalue weighted by atomic mass is 9.96. The van der Waals surface area contributed by atoms with E-state index in [-0.39, 0.29) is 11.9 Å². The molecule has 10 rings (SSSR count). The van der Waals surface area contributed by atoms with Crippen LogP contribution >= 0.6 is 0 Å². The normalized spacial score (nSPS) is 11.1. The van der Waals surface area contributed by atoms with Crippen molar-refractivity contribution in [1.82, 2.24) is 13.2 Å². The highest BCUT2D eigenvalue weighted by Gasteiger charge is 2.17. The molecule has 7 heteroatoms. The van der Waals surface area contributed by atoms with Crippen LogP contribution in [-0.4, -0.2) is 38.9 Å². The van der Waals surface area contributed by atoms with Crippen molar-refractivity contribution in [1.29, 1.82) is 0 Å². The van der Waals surface area contributed by atoms with Crippen molar-refractivity contribution in [2.24, 2.45) is 0 Å². The zero-order valence-corrected chi connectivity index (χ0v) is 35.8. The molecule has 0 aliphatic heterocycles. The first-order chi connectivity index (χ1) is 30.7. The van der Waals surface area contributed by atoms with Gasteiger partial charge in [0.15, 0.2) is 0 Å². The molecule has 0 atom stereocenters. The number of nitrogens with zero attached hydrogens (tertiary/aromatic N) is 3. The van der Waals surface area contributed by atoms with Crippen molar-refractivity contribution in [2.45, 2.75) is 27.2 Å². The lowest BCUT2D eigenvalue weighted by Gasteiger charge is -2.08. The lowest BCUT2D eigenvalue weighted by molar-refractivity contribution is 0.0504. The number of aryl methyl sites for hydroxylation is 2. The molecule has 0 bridgehead atoms. The second-order valence-corrected chi connectivity index (χ2v) is 15.9. The van der Waals surface area contributed by atoms with Crippen LogP contribution in [0.25, 0.3) is 72.2 Å². The average Bonchev–Trinajstić information content (AvgIpc) is 4.06. The predicted octanol–water partition coefficient (Wildman–Crippen LogP) is 13.4. The molecule has 310 valence electrons. The third-order valence-electron chi connectivity index (χ3n) is 11.4. The van der Waals surface area contributed by atoms with Crippen molar-refractivity contribution in [2.75, 3.05) is 13.7 Å². The highest BCUT2D eigenvalue weighted by atomic mass is 16.5. The molecule has 0 saturated heterocycles. The molecule has 0 spiro atoms. The fraction of sp³-hybridized carbons (Fsp3) is 0.107. The molecule has 0 amide bonds. The number of hydrogen-bond acceptors (Lipinski definition) is 4. The standard InChI is InChI=1S/C30H24N2.C26H23NO4/c1-21-9-11-31-19-27(17-29(31)13-21)25-7-3-5-23(15-25)24-6-4-8-26(16-24)28-18-30-14-22(2)10-12-32(30)20-28;1-3-16-31-26(29)21-13-9-19(10-14-21)24-22(17-27-15-5-4-6-23(24)27)18-7-11-20(12-8-18)25(28)30-2/h3-20H,1-2H3;4-15,17H,3,16H2,1-2H3. The molecule has 10 aromatic rings. The smallest absolute Gasteiger partial charge is 0.338 e. The van der Waals surface area contributed by atoms with Gasteiger partial charge in [0.1, 0.15) is 0 Å². The van der Waals surface area contributed by atoms with Gasteiger partial charge < -0.3 is 22.7 Å². The summed E-state index contributed by atoms with van der Waals surface area (Å²) in [6, 6.07) is 51.8. The maximum Gasteiger partial charge on any atom is 0.338 e. The number of ether oxygens (including phenoxy) is 2. The summed E-state index contributed by atoms with van der Waals surface area (Å²) in [6.07, 6.45) is 13.5. The average molecular weight is 826 g/mol. The number of rotatable bonds is 9. The van der Waals surface area contributed by atoms with E-state index in [9.17, 15) is 9.59 Å². The van der Waals surface area contributed by atoms with Crippen molar-refractivity contribution >= 4 is 28.5 Å². The molecule has 7 nitrogen and oxygen atoms in total. The van der Waals surface area contributed by atoms with Crippen LogP contribution in [0.1, 0.15) is 45.2 Å². The van der Waals surface area contributed by atoms with Gasteiger partial charge >= 0.3 is 11.9 Å². The molecule has 0 N–H and O–H groups in total. The minimum absolute atomic E-state index is 0.311. The summed E-state index contributed by atoms with van der Waals surface area (Å²) in [7, 11) is 1.37. The van der Waals surface area contributed by atoms with Crippen LogP contribution in [0, 0.1) is 13.8 Å². The van der Waals surface area contributed by atoms with Gasteiger partial charge in [-0.25, -0.2) is 9.59 Å². The van der Waals surface area contributed by atoms with Crippen molar-refractivity contribution in [3.05, 3.63) is 211 Å². The Labute approximate surface area is 367 Å². The quantitative estimate of drug-likeness (QED) is 0.136. The number of carbonyl (C=O) groups excluding carboxylic acids is 2. The van der Waals surface area contributed by atoms with E-state index in [0.29, 0.717) is 17.7 Å². The number of hydrogen-bond donors (Lipinski definition) is 0. The monoisotopic (exact) mass is 825 g/mol. The Morgan fingerprint density at radius 2 is 1.00 bits per heavy atom. The largest absolute Gasteiger partial charge is 0.465 e. The maximum absolute atomic E-state index is 12.1. The number of benzene rings is 4. The van der Waals surface area contributed by atoms with E-state index < -0.39 is 0 Å². The van der Waals surface area contributed by atoms with Gasteiger partial charge in [0, 0.05) is 70.5 Å². The highest BCUT2D eigenvalue weighted by Crippen LogP contribution is 2.38. The third kappa shape index (κ3) is 8.54. The summed E-state index contributed by atoms with van der Waals surface area (Å²) >= 11 is 0. The van der Waals surface area contributed by atoms with Crippen LogP contribution in [-0.2, 0) is 9.47 Å². The second-order valence-electron chi connectivity index (χ2n) is 15.9. The number of esters is 2. The third-order valence-corrected chi connectivity index (χ3v) is 11.4. The first-order valence-electron chi connectivity index (χ1n) is 21.2. The van der Waals surface area contributed by atoms with E-state index >= 15 is 0 Å². The van der Waals surface area contributed by atoms with Crippen LogP contribution in [0.2, 0.25) is 0 Å². The molecule has 0 aliphatic carbocycles. The van der Waals surface area contributed by atoms with Crippen LogP contribution < -0.4 is 0 Å². The fourth-order valence-corrected chi connectivity index (χ4v) is 8.11. The molecule has 0 aliphatic rings. The summed E-state index contributed by atoms with van der Waals surface area (Å²) in [5.41, 5.74) is 18.6. The maximum atomic E-state index is 12.1. The summed E-state index contributed by atoms with van der Waals surface area (Å²) in [5.74, 6) is -0.673. The van der Waals surface area contributed by atoms with Gasteiger partial charge in [-0.3, -0.25) is 0 Å². The van der Waals surface area contributed by atoms with E-state index in [1.165, 1.54) is 62.7 Å². The van der Waals surface area contributed by atoms with E-state index in [1.807, 2.05) is 49.5 Å². The highest BCUT2D eigenvalue weighted by molar-refractivity contribution is 5.97. The zero-order valence-electron chi connectivity index (χ0n) is 35.8. The fourth-order valence-electron chi connectivity index (χ4n) is 8.11. The van der Waals surface area contributed by atoms with E-state index in [4.69, 9.17) is 9.47 Å². The van der Waals surface area contributed by atoms with E-state index in [1.54, 1.807) is 24.3 Å². The Bertz CT molecular complexity index is 3140. The SMILES string of the molecule is CCCOC(=O)c1ccc(-c2c(-c3ccc(C(=O)OC)cc3)cn3ccccc23)cc1.Cc1ccn2cc(-c3cccc(-c4cccc(-c5cc6cc(C)ccn6c5)c4)c3)cc2c1. The Kier molecular flexibility index (Phi) is 11.3. The zero-order chi connectivity index (χ0) is 43.5. The minimum atomic E-state index is -0.362. The molecule has 63 heavy (non-hydrogen) atoms. The first kappa shape index (κ1) is 40.5. The van der Waals surface area contributed by atoms with E-state index in [0.717, 1.165) is 34.2 Å². The molecule has 0 radical (unpaired) electrons. The first-order valence-corrected chi connectivity index (χ1v) is 21.2. The molecule has 6 heterocycles. The molecule has 0 saturated carbocycles. The molecule has 4 aromatic carbocycles. The van der Waals surface area contributed by atoms with Gasteiger partial charge in [-0.2, -0.15) is 0 Å². The number of carbonyl (C=O) groups is 2. The van der Waals surface area contributed by atoms with Gasteiger partial charge in [0.05, 0.1) is 30.4 Å². The number of methoxy groups -OCH3 is 1. The van der Waals surface area contributed by atoms with Gasteiger partial charge in [-0.05, 0) is 150 Å². The van der Waals surface area contributed by atoms with E-state index in [2.05, 4.69) is 149 Å². The topological polar surface area (TPSA) is 65.8 Å².